The van der Waals surface area contributed by atoms with E-state index in [4.69, 9.17) is 28.9 Å². The number of hydrogen-bond donors (Lipinski definition) is 2. The maximum Gasteiger partial charge on any atom is 0.257 e. The Morgan fingerprint density at radius 1 is 1.11 bits per heavy atom. The molecule has 1 amide bonds. The van der Waals surface area contributed by atoms with E-state index >= 15 is 0 Å². The van der Waals surface area contributed by atoms with Gasteiger partial charge in [0.15, 0.2) is 0 Å². The number of benzene rings is 2. The van der Waals surface area contributed by atoms with Gasteiger partial charge in [0.05, 0.1) is 10.6 Å². The summed E-state index contributed by atoms with van der Waals surface area (Å²) in [6.45, 7) is 0. The largest absolute Gasteiger partial charge is 0.399 e. The fraction of sp³-hybridized carbons (Fsp3) is 0. The second kappa shape index (κ2) is 5.29. The summed E-state index contributed by atoms with van der Waals surface area (Å²) in [5.74, 6) is -0.303. The first kappa shape index (κ1) is 12.7. The van der Waals surface area contributed by atoms with Gasteiger partial charge >= 0.3 is 0 Å². The van der Waals surface area contributed by atoms with Crippen molar-refractivity contribution in [3.05, 3.63) is 58.1 Å². The van der Waals surface area contributed by atoms with Crippen LogP contribution in [-0.2, 0) is 0 Å². The number of carbonyl (C=O) groups excluding carboxylic acids is 1. The number of rotatable bonds is 2. The molecule has 2 aromatic rings. The van der Waals surface area contributed by atoms with Gasteiger partial charge in [0.25, 0.3) is 5.91 Å². The predicted molar refractivity (Wildman–Crippen MR) is 75.3 cm³/mol. The van der Waals surface area contributed by atoms with Crippen molar-refractivity contribution in [2.75, 3.05) is 11.1 Å². The van der Waals surface area contributed by atoms with E-state index in [0.29, 0.717) is 27.0 Å². The van der Waals surface area contributed by atoms with Crippen molar-refractivity contribution in [1.29, 1.82) is 0 Å². The molecule has 18 heavy (non-hydrogen) atoms. The molecule has 0 aromatic heterocycles. The first-order chi connectivity index (χ1) is 8.56. The van der Waals surface area contributed by atoms with E-state index < -0.39 is 0 Å². The zero-order chi connectivity index (χ0) is 13.1. The van der Waals surface area contributed by atoms with Crippen molar-refractivity contribution in [1.82, 2.24) is 0 Å². The molecule has 0 spiro atoms. The van der Waals surface area contributed by atoms with Crippen LogP contribution in [0.5, 0.6) is 0 Å². The Morgan fingerprint density at radius 2 is 1.89 bits per heavy atom. The summed E-state index contributed by atoms with van der Waals surface area (Å²) >= 11 is 11.7. The normalized spacial score (nSPS) is 10.1. The highest BCUT2D eigenvalue weighted by Gasteiger charge is 2.10. The van der Waals surface area contributed by atoms with Gasteiger partial charge in [-0.25, -0.2) is 0 Å². The van der Waals surface area contributed by atoms with Crippen molar-refractivity contribution in [3.63, 3.8) is 0 Å². The summed E-state index contributed by atoms with van der Waals surface area (Å²) in [4.78, 5) is 12.0. The monoisotopic (exact) mass is 280 g/mol. The van der Waals surface area contributed by atoms with Crippen molar-refractivity contribution < 1.29 is 4.79 Å². The third-order valence-electron chi connectivity index (χ3n) is 2.32. The smallest absolute Gasteiger partial charge is 0.257 e. The van der Waals surface area contributed by atoms with E-state index in [0.717, 1.165) is 0 Å². The molecule has 0 bridgehead atoms. The molecule has 0 heterocycles. The van der Waals surface area contributed by atoms with Gasteiger partial charge in [-0.05, 0) is 36.4 Å². The Kier molecular flexibility index (Phi) is 3.75. The molecule has 92 valence electrons. The minimum absolute atomic E-state index is 0.303. The van der Waals surface area contributed by atoms with Gasteiger partial charge in [-0.3, -0.25) is 4.79 Å². The lowest BCUT2D eigenvalue weighted by Crippen LogP contribution is -2.12. The molecule has 0 radical (unpaired) electrons. The van der Waals surface area contributed by atoms with Crippen LogP contribution in [0.15, 0.2) is 42.5 Å². The number of nitrogens with two attached hydrogens (primary N) is 1. The van der Waals surface area contributed by atoms with Crippen LogP contribution in [0.25, 0.3) is 0 Å². The average molecular weight is 281 g/mol. The third kappa shape index (κ3) is 2.94. The van der Waals surface area contributed by atoms with Crippen LogP contribution < -0.4 is 11.1 Å². The van der Waals surface area contributed by atoms with Crippen LogP contribution in [0.1, 0.15) is 10.4 Å². The second-order valence-electron chi connectivity index (χ2n) is 3.70. The van der Waals surface area contributed by atoms with Crippen LogP contribution in [0, 0.1) is 0 Å². The average Bonchev–Trinajstić information content (AvgIpc) is 2.28. The maximum absolute atomic E-state index is 12.0. The molecule has 0 saturated heterocycles. The summed E-state index contributed by atoms with van der Waals surface area (Å²) in [7, 11) is 0. The van der Waals surface area contributed by atoms with E-state index in [1.807, 2.05) is 0 Å². The van der Waals surface area contributed by atoms with Crippen LogP contribution in [0.2, 0.25) is 10.0 Å². The van der Waals surface area contributed by atoms with E-state index in [9.17, 15) is 4.79 Å². The first-order valence-corrected chi connectivity index (χ1v) is 5.94. The molecule has 2 rings (SSSR count). The molecule has 5 heteroatoms. The van der Waals surface area contributed by atoms with Gasteiger partial charge in [-0.1, -0.05) is 29.3 Å². The quantitative estimate of drug-likeness (QED) is 0.822. The topological polar surface area (TPSA) is 55.1 Å². The highest BCUT2D eigenvalue weighted by molar-refractivity contribution is 6.37. The molecule has 0 aliphatic rings. The lowest BCUT2D eigenvalue weighted by molar-refractivity contribution is 0.102. The van der Waals surface area contributed by atoms with Crippen LogP contribution >= 0.6 is 23.2 Å². The number of halogens is 2. The number of amides is 1. The molecule has 0 aliphatic carbocycles. The van der Waals surface area contributed by atoms with Crippen molar-refractivity contribution >= 4 is 40.5 Å². The van der Waals surface area contributed by atoms with Gasteiger partial charge in [0.1, 0.15) is 0 Å². The van der Waals surface area contributed by atoms with E-state index in [1.54, 1.807) is 36.4 Å². The van der Waals surface area contributed by atoms with Crippen molar-refractivity contribution in [2.45, 2.75) is 0 Å². The summed E-state index contributed by atoms with van der Waals surface area (Å²) in [6.07, 6.45) is 0. The lowest BCUT2D eigenvalue weighted by Gasteiger charge is -2.07. The number of anilines is 2. The Bertz CT molecular complexity index is 599. The van der Waals surface area contributed by atoms with Gasteiger partial charge in [0.2, 0.25) is 0 Å². The fourth-order valence-electron chi connectivity index (χ4n) is 1.49. The molecule has 2 aromatic carbocycles. The minimum atomic E-state index is -0.303. The van der Waals surface area contributed by atoms with Crippen LogP contribution in [-0.4, -0.2) is 5.91 Å². The van der Waals surface area contributed by atoms with Crippen molar-refractivity contribution in [2.24, 2.45) is 0 Å². The van der Waals surface area contributed by atoms with E-state index in [1.165, 1.54) is 6.07 Å². The number of nitrogen functional groups attached to an aromatic ring is 1. The molecule has 0 unspecified atom stereocenters. The highest BCUT2D eigenvalue weighted by atomic mass is 35.5. The molecule has 0 atom stereocenters. The zero-order valence-corrected chi connectivity index (χ0v) is 10.8. The first-order valence-electron chi connectivity index (χ1n) is 5.18. The summed E-state index contributed by atoms with van der Waals surface area (Å²) in [5, 5.41) is 3.51. The van der Waals surface area contributed by atoms with Gasteiger partial charge in [-0.15, -0.1) is 0 Å². The van der Waals surface area contributed by atoms with Crippen LogP contribution in [0.4, 0.5) is 11.4 Å². The zero-order valence-electron chi connectivity index (χ0n) is 9.28. The van der Waals surface area contributed by atoms with Gasteiger partial charge in [0, 0.05) is 16.4 Å². The van der Waals surface area contributed by atoms with Gasteiger partial charge < -0.3 is 11.1 Å². The minimum Gasteiger partial charge on any atom is -0.399 e. The van der Waals surface area contributed by atoms with E-state index in [2.05, 4.69) is 5.32 Å². The number of carbonyl (C=O) groups is 1. The molecular formula is C13H10Cl2N2O. The van der Waals surface area contributed by atoms with Crippen molar-refractivity contribution in [3.8, 4) is 0 Å². The molecule has 0 fully saturated rings. The summed E-state index contributed by atoms with van der Waals surface area (Å²) in [5.41, 5.74) is 7.19. The van der Waals surface area contributed by atoms with Gasteiger partial charge in [-0.2, -0.15) is 0 Å². The number of nitrogens with one attached hydrogen (secondary N) is 1. The standard InChI is InChI=1S/C13H10Cl2N2O/c14-8-4-5-11(12(15)6-8)13(18)17-10-3-1-2-9(16)7-10/h1-7H,16H2,(H,17,18). The Morgan fingerprint density at radius 3 is 2.56 bits per heavy atom. The highest BCUT2D eigenvalue weighted by Crippen LogP contribution is 2.22. The Balaban J connectivity index is 2.22. The Labute approximate surface area is 115 Å². The summed E-state index contributed by atoms with van der Waals surface area (Å²) < 4.78 is 0. The predicted octanol–water partition coefficient (Wildman–Crippen LogP) is 3.83. The van der Waals surface area contributed by atoms with E-state index in [-0.39, 0.29) is 5.91 Å². The maximum atomic E-state index is 12.0. The van der Waals surface area contributed by atoms with Crippen LogP contribution in [0.3, 0.4) is 0 Å². The molecule has 3 nitrogen and oxygen atoms in total. The number of hydrogen-bond acceptors (Lipinski definition) is 2. The lowest BCUT2D eigenvalue weighted by atomic mass is 10.2. The molecule has 3 N–H and O–H groups in total. The molecular weight excluding hydrogens is 271 g/mol. The Hall–Kier alpha value is -1.71. The molecule has 0 aliphatic heterocycles. The third-order valence-corrected chi connectivity index (χ3v) is 2.87. The SMILES string of the molecule is Nc1cccc(NC(=O)c2ccc(Cl)cc2Cl)c1. The second-order valence-corrected chi connectivity index (χ2v) is 4.55. The summed E-state index contributed by atoms with van der Waals surface area (Å²) in [6, 6.07) is 11.6. The molecule has 0 saturated carbocycles. The fourth-order valence-corrected chi connectivity index (χ4v) is 1.98.